The van der Waals surface area contributed by atoms with Crippen molar-refractivity contribution in [3.63, 3.8) is 0 Å². The van der Waals surface area contributed by atoms with Crippen LogP contribution in [0.2, 0.25) is 0 Å². The van der Waals surface area contributed by atoms with Crippen LogP contribution in [0.25, 0.3) is 0 Å². The summed E-state index contributed by atoms with van der Waals surface area (Å²) in [4.78, 5) is 0. The summed E-state index contributed by atoms with van der Waals surface area (Å²) in [6, 6.07) is 0. The molecule has 0 aromatic rings. The Kier molecular flexibility index (Phi) is 69.2. The van der Waals surface area contributed by atoms with Gasteiger partial charge in [-0.25, -0.2) is 0 Å². The van der Waals surface area contributed by atoms with E-state index in [0.717, 1.165) is 0 Å². The Balaban J connectivity index is -0.0000000257. The first kappa shape index (κ1) is 37.9. The predicted octanol–water partition coefficient (Wildman–Crippen LogP) is -8.71. The van der Waals surface area contributed by atoms with E-state index in [2.05, 4.69) is 0 Å². The molecule has 0 spiro atoms. The second kappa shape index (κ2) is 32.8. The first-order valence-corrected chi connectivity index (χ1v) is 13.0. The van der Waals surface area contributed by atoms with E-state index in [0.29, 0.717) is 0 Å². The summed E-state index contributed by atoms with van der Waals surface area (Å²) >= 11 is -16.8. The van der Waals surface area contributed by atoms with E-state index in [1.54, 1.807) is 0 Å². The summed E-state index contributed by atoms with van der Waals surface area (Å²) in [5.74, 6) is 0. The fourth-order valence-corrected chi connectivity index (χ4v) is 0. The van der Waals surface area contributed by atoms with Crippen LogP contribution < -0.4 is 65.8 Å². The molecule has 0 heterocycles. The molecule has 0 aromatic heterocycles. The van der Waals surface area contributed by atoms with Gasteiger partial charge in [-0.1, -0.05) is 0 Å². The van der Waals surface area contributed by atoms with Crippen molar-refractivity contribution in [2.45, 2.75) is 0 Å². The van der Waals surface area contributed by atoms with Gasteiger partial charge in [-0.05, 0) is 0 Å². The third-order valence-corrected chi connectivity index (χ3v) is 0. The van der Waals surface area contributed by atoms with Gasteiger partial charge in [0.25, 0.3) is 0 Å². The maximum absolute atomic E-state index is 8.60. The Labute approximate surface area is 197 Å². The van der Waals surface area contributed by atoms with Crippen LogP contribution in [0, 0.1) is 35.6 Å². The van der Waals surface area contributed by atoms with Gasteiger partial charge in [0.05, 0.1) is 0 Å². The monoisotopic (exact) mass is 741 g/mol. The van der Waals surface area contributed by atoms with E-state index in [1.165, 1.54) is 0 Å². The van der Waals surface area contributed by atoms with Gasteiger partial charge < -0.3 is 0 Å². The standard InChI is InChI=1S/K.La.4Nb.12O/q+1;+3;;;;;;;;;;;;;4*-1. The Morgan fingerprint density at radius 3 is 0.444 bits per heavy atom. The van der Waals surface area contributed by atoms with Gasteiger partial charge in [0.2, 0.25) is 0 Å². The summed E-state index contributed by atoms with van der Waals surface area (Å²) in [6.07, 6.45) is 0. The Morgan fingerprint density at radius 1 is 0.444 bits per heavy atom. The molecule has 0 unspecified atom stereocenters. The van der Waals surface area contributed by atoms with Crippen LogP contribution in [0.3, 0.4) is 0 Å². The molecule has 0 aromatic carbocycles. The first-order valence-electron chi connectivity index (χ1n) is 2.19. The van der Waals surface area contributed by atoms with Crippen LogP contribution in [-0.2, 0) is 101 Å². The van der Waals surface area contributed by atoms with Crippen molar-refractivity contribution in [2.75, 3.05) is 0 Å². The van der Waals surface area contributed by atoms with Gasteiger partial charge in [0.1, 0.15) is 0 Å². The summed E-state index contributed by atoms with van der Waals surface area (Å²) in [6.45, 7) is 0. The van der Waals surface area contributed by atoms with Crippen molar-refractivity contribution >= 4 is 0 Å². The maximum atomic E-state index is 8.60. The average molecular weight is 742 g/mol. The van der Waals surface area contributed by atoms with Crippen molar-refractivity contribution in [3.8, 4) is 0 Å². The van der Waals surface area contributed by atoms with Gasteiger partial charge in [-0.15, -0.1) is 0 Å². The number of hydrogen-bond donors (Lipinski definition) is 0. The van der Waals surface area contributed by atoms with Crippen LogP contribution in [-0.4, -0.2) is 0 Å². The summed E-state index contributed by atoms with van der Waals surface area (Å²) in [5.41, 5.74) is 0. The minimum absolute atomic E-state index is 0. The van der Waals surface area contributed by atoms with Gasteiger partial charge in [0, 0.05) is 0 Å². The molecule has 18 heteroatoms. The molecule has 0 N–H and O–H groups in total. The molecule has 0 radical (unpaired) electrons. The molecule has 18 heavy (non-hydrogen) atoms. The Morgan fingerprint density at radius 2 is 0.444 bits per heavy atom. The van der Waals surface area contributed by atoms with E-state index in [4.69, 9.17) is 40.5 Å². The molecule has 0 saturated carbocycles. The summed E-state index contributed by atoms with van der Waals surface area (Å²) in [7, 11) is 0. The fourth-order valence-electron chi connectivity index (χ4n) is 0. The molecule has 0 aliphatic carbocycles. The topological polar surface area (TPSA) is 229 Å². The van der Waals surface area contributed by atoms with Crippen molar-refractivity contribution in [1.29, 1.82) is 0 Å². The molecule has 0 rings (SSSR count). The zero-order chi connectivity index (χ0) is 14.3. The van der Waals surface area contributed by atoms with E-state index in [1.807, 2.05) is 0 Å². The fraction of sp³-hybridized carbons (Fsp3) is 0. The third kappa shape index (κ3) is 446. The molecular weight excluding hydrogens is 742 g/mol. The van der Waals surface area contributed by atoms with Gasteiger partial charge in [0.15, 0.2) is 0 Å². The quantitative estimate of drug-likeness (QED) is 0.211. The second-order valence-electron chi connectivity index (χ2n) is 0.894. The summed E-state index contributed by atoms with van der Waals surface area (Å²) < 4.78 is 103. The van der Waals surface area contributed by atoms with Gasteiger partial charge >= 0.3 is 203 Å². The van der Waals surface area contributed by atoms with Crippen LogP contribution in [0.15, 0.2) is 0 Å². The molecule has 12 nitrogen and oxygen atoms in total. The average Bonchev–Trinajstić information content (AvgIpc) is 1.76. The molecular formula is KLaNb4O12. The van der Waals surface area contributed by atoms with Crippen molar-refractivity contribution in [1.82, 2.24) is 0 Å². The van der Waals surface area contributed by atoms with E-state index in [9.17, 15) is 0 Å². The SMILES string of the molecule is [K+].[La+3].[O]=[Nb](=[O])[O-].[O]=[Nb](=[O])[O-].[O]=[Nb](=[O])[O-].[O]=[Nb](=[O])[O-]. The van der Waals surface area contributed by atoms with Gasteiger partial charge in [-0.3, -0.25) is 0 Å². The molecule has 0 saturated heterocycles. The van der Waals surface area contributed by atoms with Crippen molar-refractivity contribution < 1.29 is 203 Å². The molecule has 0 aliphatic rings. The number of hydrogen-bond acceptors (Lipinski definition) is 12. The third-order valence-electron chi connectivity index (χ3n) is 0. The van der Waals surface area contributed by atoms with E-state index in [-0.39, 0.29) is 87.0 Å². The van der Waals surface area contributed by atoms with E-state index >= 15 is 0 Å². The molecule has 0 fully saturated rings. The predicted molar refractivity (Wildman–Crippen MR) is 5.49 cm³/mol. The van der Waals surface area contributed by atoms with Crippen LogP contribution in [0.5, 0.6) is 0 Å². The molecule has 0 amide bonds. The normalized spacial score (nSPS) is 5.56. The second-order valence-corrected chi connectivity index (χ2v) is 5.29. The zero-order valence-corrected chi connectivity index (χ0v) is 23.8. The molecule has 96 valence electrons. The minimum atomic E-state index is -4.20. The molecule has 0 bridgehead atoms. The summed E-state index contributed by atoms with van der Waals surface area (Å²) in [5, 5.41) is 0. The van der Waals surface area contributed by atoms with Crippen molar-refractivity contribution in [2.24, 2.45) is 0 Å². The Bertz CT molecular complexity index is 298. The Hall–Kier alpha value is 4.03. The van der Waals surface area contributed by atoms with Crippen LogP contribution in [0.1, 0.15) is 0 Å². The first-order chi connectivity index (χ1) is 6.93. The molecule has 0 atom stereocenters. The van der Waals surface area contributed by atoms with Crippen LogP contribution >= 0.6 is 0 Å². The van der Waals surface area contributed by atoms with Crippen LogP contribution in [0.4, 0.5) is 0 Å². The molecule has 0 aliphatic heterocycles. The zero-order valence-electron chi connectivity index (χ0n) is 8.27. The van der Waals surface area contributed by atoms with Crippen molar-refractivity contribution in [3.05, 3.63) is 0 Å². The number of rotatable bonds is 0. The van der Waals surface area contributed by atoms with Gasteiger partial charge in [-0.2, -0.15) is 0 Å². The van der Waals surface area contributed by atoms with E-state index < -0.39 is 75.1 Å².